The predicted octanol–water partition coefficient (Wildman–Crippen LogP) is 2.34. The smallest absolute Gasteiger partial charge is 0.227 e. The third kappa shape index (κ3) is 2.09. The highest BCUT2D eigenvalue weighted by molar-refractivity contribution is 6.31. The van der Waals surface area contributed by atoms with Crippen LogP contribution in [0.15, 0.2) is 29.3 Å². The first-order valence-corrected chi connectivity index (χ1v) is 5.71. The van der Waals surface area contributed by atoms with Crippen LogP contribution >= 0.6 is 11.6 Å². The maximum absolute atomic E-state index is 11.7. The fourth-order valence-electron chi connectivity index (χ4n) is 1.76. The molecule has 1 amide bonds. The van der Waals surface area contributed by atoms with Crippen molar-refractivity contribution in [2.75, 3.05) is 13.1 Å². The third-order valence-electron chi connectivity index (χ3n) is 2.53. The molecule has 1 aromatic rings. The van der Waals surface area contributed by atoms with Crippen molar-refractivity contribution in [3.05, 3.63) is 34.9 Å². The molecular formula is C12H13ClN2O. The number of rotatable bonds is 2. The molecule has 16 heavy (non-hydrogen) atoms. The standard InChI is InChI=1S/C12H13ClN2O/c1-2-11(16)15-7-6-14-12(15)9-4-3-5-10(13)8-9/h3-5,8H,2,6-7H2,1H3. The molecule has 0 radical (unpaired) electrons. The maximum atomic E-state index is 11.7. The molecule has 0 saturated heterocycles. The minimum absolute atomic E-state index is 0.108. The van der Waals surface area contributed by atoms with Gasteiger partial charge in [-0.2, -0.15) is 0 Å². The minimum atomic E-state index is 0.108. The second-order valence-corrected chi connectivity index (χ2v) is 4.05. The molecule has 0 aromatic heterocycles. The van der Waals surface area contributed by atoms with Gasteiger partial charge in [-0.05, 0) is 12.1 Å². The normalized spacial score (nSPS) is 15.1. The first-order valence-electron chi connectivity index (χ1n) is 5.33. The summed E-state index contributed by atoms with van der Waals surface area (Å²) >= 11 is 5.93. The molecule has 0 aliphatic carbocycles. The lowest BCUT2D eigenvalue weighted by atomic mass is 10.2. The Kier molecular flexibility index (Phi) is 3.25. The average Bonchev–Trinajstić information content (AvgIpc) is 2.77. The van der Waals surface area contributed by atoms with Crippen LogP contribution < -0.4 is 0 Å². The second kappa shape index (κ2) is 4.66. The van der Waals surface area contributed by atoms with E-state index in [0.717, 1.165) is 11.4 Å². The molecule has 0 atom stereocenters. The molecule has 0 unspecified atom stereocenters. The van der Waals surface area contributed by atoms with E-state index >= 15 is 0 Å². The van der Waals surface area contributed by atoms with Gasteiger partial charge in [0.05, 0.1) is 6.54 Å². The summed E-state index contributed by atoms with van der Waals surface area (Å²) in [5.41, 5.74) is 0.909. The monoisotopic (exact) mass is 236 g/mol. The van der Waals surface area contributed by atoms with Crippen LogP contribution in [0.5, 0.6) is 0 Å². The van der Waals surface area contributed by atoms with E-state index in [1.54, 1.807) is 4.90 Å². The molecule has 1 aliphatic rings. The molecule has 84 valence electrons. The Hall–Kier alpha value is -1.35. The van der Waals surface area contributed by atoms with E-state index in [4.69, 9.17) is 11.6 Å². The summed E-state index contributed by atoms with van der Waals surface area (Å²) in [6.45, 7) is 3.21. The van der Waals surface area contributed by atoms with Crippen molar-refractivity contribution < 1.29 is 4.79 Å². The number of carbonyl (C=O) groups excluding carboxylic acids is 1. The molecule has 1 aliphatic heterocycles. The van der Waals surface area contributed by atoms with Crippen LogP contribution in [0, 0.1) is 0 Å². The fraction of sp³-hybridized carbons (Fsp3) is 0.333. The molecule has 0 bridgehead atoms. The maximum Gasteiger partial charge on any atom is 0.227 e. The molecule has 0 spiro atoms. The largest absolute Gasteiger partial charge is 0.295 e. The summed E-state index contributed by atoms with van der Waals surface area (Å²) in [7, 11) is 0. The van der Waals surface area contributed by atoms with E-state index in [0.29, 0.717) is 24.5 Å². The summed E-state index contributed by atoms with van der Waals surface area (Å²) in [4.78, 5) is 17.8. The quantitative estimate of drug-likeness (QED) is 0.776. The highest BCUT2D eigenvalue weighted by Crippen LogP contribution is 2.16. The van der Waals surface area contributed by atoms with E-state index in [9.17, 15) is 4.79 Å². The lowest BCUT2D eigenvalue weighted by molar-refractivity contribution is -0.126. The molecule has 0 saturated carbocycles. The first kappa shape index (κ1) is 11.1. The van der Waals surface area contributed by atoms with Crippen molar-refractivity contribution in [1.29, 1.82) is 0 Å². The average molecular weight is 237 g/mol. The van der Waals surface area contributed by atoms with E-state index in [2.05, 4.69) is 4.99 Å². The molecule has 0 N–H and O–H groups in total. The number of hydrogen-bond donors (Lipinski definition) is 0. The summed E-state index contributed by atoms with van der Waals surface area (Å²) < 4.78 is 0. The lowest BCUT2D eigenvalue weighted by Crippen LogP contribution is -2.34. The van der Waals surface area contributed by atoms with Crippen LogP contribution in [0.1, 0.15) is 18.9 Å². The Labute approximate surface area is 99.7 Å². The van der Waals surface area contributed by atoms with Gasteiger partial charge >= 0.3 is 0 Å². The molecule has 0 fully saturated rings. The minimum Gasteiger partial charge on any atom is -0.295 e. The van der Waals surface area contributed by atoms with Crippen molar-refractivity contribution in [1.82, 2.24) is 4.90 Å². The van der Waals surface area contributed by atoms with Gasteiger partial charge in [-0.3, -0.25) is 14.7 Å². The molecule has 1 heterocycles. The van der Waals surface area contributed by atoms with Gasteiger partial charge in [0.25, 0.3) is 0 Å². The Morgan fingerprint density at radius 1 is 1.56 bits per heavy atom. The second-order valence-electron chi connectivity index (χ2n) is 3.61. The molecule has 2 rings (SSSR count). The zero-order valence-corrected chi connectivity index (χ0v) is 9.87. The van der Waals surface area contributed by atoms with Crippen LogP contribution in [0.3, 0.4) is 0 Å². The third-order valence-corrected chi connectivity index (χ3v) is 2.76. The number of amidine groups is 1. The highest BCUT2D eigenvalue weighted by Gasteiger charge is 2.23. The molecule has 4 heteroatoms. The Morgan fingerprint density at radius 3 is 3.06 bits per heavy atom. The van der Waals surface area contributed by atoms with Gasteiger partial charge in [0.15, 0.2) is 0 Å². The van der Waals surface area contributed by atoms with Gasteiger partial charge in [0.1, 0.15) is 5.84 Å². The van der Waals surface area contributed by atoms with Crippen molar-refractivity contribution in [2.24, 2.45) is 4.99 Å². The highest BCUT2D eigenvalue weighted by atomic mass is 35.5. The number of hydrogen-bond acceptors (Lipinski definition) is 2. The van der Waals surface area contributed by atoms with E-state index in [1.807, 2.05) is 31.2 Å². The Balaban J connectivity index is 2.30. The molecular weight excluding hydrogens is 224 g/mol. The van der Waals surface area contributed by atoms with Gasteiger partial charge < -0.3 is 0 Å². The van der Waals surface area contributed by atoms with E-state index in [-0.39, 0.29) is 5.91 Å². The number of amides is 1. The van der Waals surface area contributed by atoms with Gasteiger partial charge in [-0.15, -0.1) is 0 Å². The van der Waals surface area contributed by atoms with Gasteiger partial charge in [-0.25, -0.2) is 0 Å². The van der Waals surface area contributed by atoms with Crippen LogP contribution in [-0.2, 0) is 4.79 Å². The molecule has 3 nitrogen and oxygen atoms in total. The summed E-state index contributed by atoms with van der Waals surface area (Å²) in [6.07, 6.45) is 0.500. The van der Waals surface area contributed by atoms with E-state index < -0.39 is 0 Å². The van der Waals surface area contributed by atoms with Crippen molar-refractivity contribution >= 4 is 23.3 Å². The van der Waals surface area contributed by atoms with Crippen LogP contribution in [0.2, 0.25) is 5.02 Å². The SMILES string of the molecule is CCC(=O)N1CCN=C1c1cccc(Cl)c1. The van der Waals surface area contributed by atoms with Crippen LogP contribution in [0.25, 0.3) is 0 Å². The zero-order valence-electron chi connectivity index (χ0n) is 9.11. The lowest BCUT2D eigenvalue weighted by Gasteiger charge is -2.17. The zero-order chi connectivity index (χ0) is 11.5. The molecule has 1 aromatic carbocycles. The Morgan fingerprint density at radius 2 is 2.38 bits per heavy atom. The van der Waals surface area contributed by atoms with Crippen molar-refractivity contribution in [3.63, 3.8) is 0 Å². The number of benzene rings is 1. The van der Waals surface area contributed by atoms with Gasteiger partial charge in [0, 0.05) is 23.6 Å². The predicted molar refractivity (Wildman–Crippen MR) is 64.9 cm³/mol. The summed E-state index contributed by atoms with van der Waals surface area (Å²) in [5.74, 6) is 0.852. The number of nitrogens with zero attached hydrogens (tertiary/aromatic N) is 2. The number of aliphatic imine (C=N–C) groups is 1. The van der Waals surface area contributed by atoms with Crippen LogP contribution in [-0.4, -0.2) is 29.7 Å². The number of halogens is 1. The van der Waals surface area contributed by atoms with E-state index in [1.165, 1.54) is 0 Å². The topological polar surface area (TPSA) is 32.7 Å². The summed E-state index contributed by atoms with van der Waals surface area (Å²) in [5, 5.41) is 0.663. The van der Waals surface area contributed by atoms with Crippen LogP contribution in [0.4, 0.5) is 0 Å². The Bertz CT molecular complexity index is 442. The summed E-state index contributed by atoms with van der Waals surface area (Å²) in [6, 6.07) is 7.44. The van der Waals surface area contributed by atoms with Gasteiger partial charge in [-0.1, -0.05) is 30.7 Å². The van der Waals surface area contributed by atoms with Gasteiger partial charge in [0.2, 0.25) is 5.91 Å². The number of carbonyl (C=O) groups is 1. The fourth-order valence-corrected chi connectivity index (χ4v) is 1.95. The van der Waals surface area contributed by atoms with Crippen molar-refractivity contribution in [3.8, 4) is 0 Å². The van der Waals surface area contributed by atoms with Crippen molar-refractivity contribution in [2.45, 2.75) is 13.3 Å². The first-order chi connectivity index (χ1) is 7.72.